The van der Waals surface area contributed by atoms with E-state index in [0.717, 1.165) is 43.1 Å². The van der Waals surface area contributed by atoms with Gasteiger partial charge in [-0.3, -0.25) is 4.90 Å². The van der Waals surface area contributed by atoms with Gasteiger partial charge >= 0.3 is 6.03 Å². The molecule has 0 aliphatic carbocycles. The van der Waals surface area contributed by atoms with Crippen LogP contribution in [0.25, 0.3) is 0 Å². The molecule has 134 valence electrons. The first-order valence-electron chi connectivity index (χ1n) is 8.67. The maximum Gasteiger partial charge on any atom is 0.314 e. The molecule has 2 N–H and O–H groups in total. The number of carbonyl (C=O) groups excluding carboxylic acids is 1. The third kappa shape index (κ3) is 7.07. The molecule has 2 rings (SSSR count). The highest BCUT2D eigenvalue weighted by Crippen LogP contribution is 2.10. The summed E-state index contributed by atoms with van der Waals surface area (Å²) in [6, 6.07) is 7.58. The number of halogens is 1. The summed E-state index contributed by atoms with van der Waals surface area (Å²) in [4.78, 5) is 14.2. The molecule has 0 radical (unpaired) electrons. The Balaban J connectivity index is 1.52. The van der Waals surface area contributed by atoms with Crippen LogP contribution < -0.4 is 10.6 Å². The molecule has 2 amide bonds. The number of carbonyl (C=O) groups is 1. The number of morpholine rings is 1. The maximum absolute atomic E-state index is 11.8. The van der Waals surface area contributed by atoms with Gasteiger partial charge in [0.25, 0.3) is 0 Å². The van der Waals surface area contributed by atoms with Crippen LogP contribution in [0, 0.1) is 0 Å². The SMILES string of the molecule is C[C@H]1CN(CCCNC(=O)NCCc2ccc(Cl)cc2)C[C@H](C)O1. The Morgan fingerprint density at radius 1 is 1.17 bits per heavy atom. The van der Waals surface area contributed by atoms with E-state index in [-0.39, 0.29) is 18.2 Å². The molecule has 1 aromatic rings. The number of ether oxygens (including phenoxy) is 1. The van der Waals surface area contributed by atoms with Gasteiger partial charge in [0.1, 0.15) is 0 Å². The lowest BCUT2D eigenvalue weighted by molar-refractivity contribution is -0.0679. The Labute approximate surface area is 149 Å². The van der Waals surface area contributed by atoms with Crippen molar-refractivity contribution in [2.24, 2.45) is 0 Å². The van der Waals surface area contributed by atoms with Crippen LogP contribution in [-0.4, -0.2) is 55.9 Å². The van der Waals surface area contributed by atoms with Crippen LogP contribution in [0.3, 0.4) is 0 Å². The summed E-state index contributed by atoms with van der Waals surface area (Å²) in [5, 5.41) is 6.52. The van der Waals surface area contributed by atoms with E-state index in [4.69, 9.17) is 16.3 Å². The number of benzene rings is 1. The molecule has 0 unspecified atom stereocenters. The lowest BCUT2D eigenvalue weighted by Crippen LogP contribution is -2.46. The van der Waals surface area contributed by atoms with Crippen molar-refractivity contribution in [1.29, 1.82) is 0 Å². The molecule has 6 heteroatoms. The molecular weight excluding hydrogens is 326 g/mol. The monoisotopic (exact) mass is 353 g/mol. The van der Waals surface area contributed by atoms with Gasteiger partial charge in [-0.05, 0) is 44.4 Å². The van der Waals surface area contributed by atoms with Gasteiger partial charge in [-0.1, -0.05) is 23.7 Å². The molecule has 5 nitrogen and oxygen atoms in total. The summed E-state index contributed by atoms with van der Waals surface area (Å²) in [7, 11) is 0. The first-order valence-corrected chi connectivity index (χ1v) is 9.04. The van der Waals surface area contributed by atoms with Crippen molar-refractivity contribution in [3.05, 3.63) is 34.9 Å². The zero-order chi connectivity index (χ0) is 17.4. The number of hydrogen-bond acceptors (Lipinski definition) is 3. The Bertz CT molecular complexity index is 499. The van der Waals surface area contributed by atoms with Crippen molar-refractivity contribution < 1.29 is 9.53 Å². The number of nitrogens with zero attached hydrogens (tertiary/aromatic N) is 1. The van der Waals surface area contributed by atoms with E-state index in [0.29, 0.717) is 13.1 Å². The van der Waals surface area contributed by atoms with Crippen molar-refractivity contribution in [3.63, 3.8) is 0 Å². The lowest BCUT2D eigenvalue weighted by Gasteiger charge is -2.35. The Morgan fingerprint density at radius 2 is 1.79 bits per heavy atom. The first-order chi connectivity index (χ1) is 11.5. The largest absolute Gasteiger partial charge is 0.373 e. The van der Waals surface area contributed by atoms with Crippen LogP contribution in [0.2, 0.25) is 5.02 Å². The van der Waals surface area contributed by atoms with Crippen LogP contribution in [-0.2, 0) is 11.2 Å². The van der Waals surface area contributed by atoms with E-state index in [1.165, 1.54) is 0 Å². The fourth-order valence-corrected chi connectivity index (χ4v) is 3.13. The van der Waals surface area contributed by atoms with Crippen LogP contribution in [0.4, 0.5) is 4.79 Å². The summed E-state index contributed by atoms with van der Waals surface area (Å²) in [6.45, 7) is 8.45. The summed E-state index contributed by atoms with van der Waals surface area (Å²) >= 11 is 5.85. The topological polar surface area (TPSA) is 53.6 Å². The van der Waals surface area contributed by atoms with Crippen molar-refractivity contribution >= 4 is 17.6 Å². The summed E-state index contributed by atoms with van der Waals surface area (Å²) in [6.07, 6.45) is 2.33. The summed E-state index contributed by atoms with van der Waals surface area (Å²) in [5.41, 5.74) is 1.16. The predicted octanol–water partition coefficient (Wildman–Crippen LogP) is 2.68. The van der Waals surface area contributed by atoms with Gasteiger partial charge in [-0.15, -0.1) is 0 Å². The molecule has 0 saturated carbocycles. The van der Waals surface area contributed by atoms with Crippen molar-refractivity contribution in [2.75, 3.05) is 32.7 Å². The zero-order valence-corrected chi connectivity index (χ0v) is 15.3. The molecule has 1 aromatic carbocycles. The second-order valence-corrected chi connectivity index (χ2v) is 6.87. The Kier molecular flexibility index (Phi) is 7.82. The molecule has 1 aliphatic heterocycles. The normalized spacial score (nSPS) is 21.5. The minimum Gasteiger partial charge on any atom is -0.373 e. The smallest absolute Gasteiger partial charge is 0.314 e. The average molecular weight is 354 g/mol. The van der Waals surface area contributed by atoms with Crippen LogP contribution in [0.1, 0.15) is 25.8 Å². The zero-order valence-electron chi connectivity index (χ0n) is 14.6. The number of amides is 2. The van der Waals surface area contributed by atoms with E-state index in [1.54, 1.807) is 0 Å². The second kappa shape index (κ2) is 9.87. The highest BCUT2D eigenvalue weighted by atomic mass is 35.5. The predicted molar refractivity (Wildman–Crippen MR) is 97.6 cm³/mol. The third-order valence-electron chi connectivity index (χ3n) is 4.04. The van der Waals surface area contributed by atoms with Crippen molar-refractivity contribution in [2.45, 2.75) is 38.9 Å². The fourth-order valence-electron chi connectivity index (χ4n) is 3.01. The quantitative estimate of drug-likeness (QED) is 0.741. The Hall–Kier alpha value is -1.30. The van der Waals surface area contributed by atoms with Gasteiger partial charge in [-0.25, -0.2) is 4.79 Å². The van der Waals surface area contributed by atoms with Crippen molar-refractivity contribution in [1.82, 2.24) is 15.5 Å². The van der Waals surface area contributed by atoms with Crippen LogP contribution in [0.15, 0.2) is 24.3 Å². The van der Waals surface area contributed by atoms with E-state index in [1.807, 2.05) is 24.3 Å². The summed E-state index contributed by atoms with van der Waals surface area (Å²) < 4.78 is 5.72. The minimum atomic E-state index is -0.104. The van der Waals surface area contributed by atoms with Gasteiger partial charge in [-0.2, -0.15) is 0 Å². The highest BCUT2D eigenvalue weighted by molar-refractivity contribution is 6.30. The maximum atomic E-state index is 11.8. The lowest BCUT2D eigenvalue weighted by atomic mass is 10.1. The fraction of sp³-hybridized carbons (Fsp3) is 0.611. The molecule has 2 atom stereocenters. The molecule has 1 heterocycles. The first kappa shape index (κ1) is 19.0. The van der Waals surface area contributed by atoms with Crippen LogP contribution in [0.5, 0.6) is 0 Å². The minimum absolute atomic E-state index is 0.104. The highest BCUT2D eigenvalue weighted by Gasteiger charge is 2.21. The van der Waals surface area contributed by atoms with Gasteiger partial charge in [0.05, 0.1) is 12.2 Å². The number of rotatable bonds is 7. The Morgan fingerprint density at radius 3 is 2.46 bits per heavy atom. The second-order valence-electron chi connectivity index (χ2n) is 6.43. The number of urea groups is 1. The molecule has 1 fully saturated rings. The van der Waals surface area contributed by atoms with Gasteiger partial charge in [0.15, 0.2) is 0 Å². The van der Waals surface area contributed by atoms with E-state index in [2.05, 4.69) is 29.4 Å². The summed E-state index contributed by atoms with van der Waals surface area (Å²) in [5.74, 6) is 0. The molecule has 24 heavy (non-hydrogen) atoms. The number of nitrogens with one attached hydrogen (secondary N) is 2. The molecule has 1 aliphatic rings. The van der Waals surface area contributed by atoms with E-state index < -0.39 is 0 Å². The average Bonchev–Trinajstić information content (AvgIpc) is 2.53. The molecule has 0 spiro atoms. The third-order valence-corrected chi connectivity index (χ3v) is 4.30. The van der Waals surface area contributed by atoms with Gasteiger partial charge in [0, 0.05) is 37.7 Å². The van der Waals surface area contributed by atoms with E-state index in [9.17, 15) is 4.79 Å². The molecule has 0 bridgehead atoms. The van der Waals surface area contributed by atoms with Gasteiger partial charge < -0.3 is 15.4 Å². The van der Waals surface area contributed by atoms with Crippen LogP contribution >= 0.6 is 11.6 Å². The standard InChI is InChI=1S/C18H28ClN3O2/c1-14-12-22(13-15(2)24-14)11-3-9-20-18(23)21-10-8-16-4-6-17(19)7-5-16/h4-7,14-15H,3,8-13H2,1-2H3,(H2,20,21,23)/t14-,15-/m0/s1. The molecule has 0 aromatic heterocycles. The molecular formula is C18H28ClN3O2. The van der Waals surface area contributed by atoms with Gasteiger partial charge in [0.2, 0.25) is 0 Å². The van der Waals surface area contributed by atoms with E-state index >= 15 is 0 Å². The van der Waals surface area contributed by atoms with Crippen molar-refractivity contribution in [3.8, 4) is 0 Å². The molecule has 1 saturated heterocycles. The number of hydrogen-bond donors (Lipinski definition) is 2.